The quantitative estimate of drug-likeness (QED) is 0.208. The zero-order chi connectivity index (χ0) is 30.6. The summed E-state index contributed by atoms with van der Waals surface area (Å²) in [6.45, 7) is 15.9. The largest absolute Gasteiger partial charge is 0.386 e. The van der Waals surface area contributed by atoms with E-state index in [0.29, 0.717) is 21.6 Å². The van der Waals surface area contributed by atoms with E-state index in [1.54, 1.807) is 4.68 Å². The number of aromatic amines is 1. The van der Waals surface area contributed by atoms with Gasteiger partial charge in [0, 0.05) is 30.8 Å². The number of ether oxygens (including phenoxy) is 2. The van der Waals surface area contributed by atoms with Crippen LogP contribution < -0.4 is 0 Å². The molecule has 1 aliphatic heterocycles. The van der Waals surface area contributed by atoms with Gasteiger partial charge in [0.05, 0.1) is 24.1 Å². The number of aromatic nitrogens is 3. The smallest absolute Gasteiger partial charge is 0.195 e. The van der Waals surface area contributed by atoms with E-state index in [2.05, 4.69) is 49.6 Å². The lowest BCUT2D eigenvalue weighted by atomic mass is 9.71. The molecule has 2 unspecified atom stereocenters. The summed E-state index contributed by atoms with van der Waals surface area (Å²) in [4.78, 5) is 4.67. The van der Waals surface area contributed by atoms with E-state index >= 15 is 0 Å². The minimum absolute atomic E-state index is 0.240. The Bertz CT molecular complexity index is 1200. The molecule has 5 rings (SSSR count). The Hall–Kier alpha value is -1.00. The molecule has 2 aromatic rings. The van der Waals surface area contributed by atoms with Crippen molar-refractivity contribution in [2.75, 3.05) is 26.2 Å². The minimum Gasteiger partial charge on any atom is -0.386 e. The molecule has 0 bridgehead atoms. The van der Waals surface area contributed by atoms with Crippen molar-refractivity contribution >= 4 is 35.4 Å². The molecular weight excluding hydrogens is 591 g/mol. The molecule has 236 valence electrons. The fraction of sp³-hybridized carbons (Fsp3) is 0.750. The molecule has 2 N–H and O–H groups in total. The molecule has 3 aliphatic rings. The topological polar surface area (TPSA) is 75.5 Å². The summed E-state index contributed by atoms with van der Waals surface area (Å²) < 4.78 is 14.5. The second kappa shape index (κ2) is 14.0. The maximum atomic E-state index is 11.2. The number of hydrogen-bond donors (Lipinski definition) is 2. The number of H-pyrrole nitrogens is 1. The molecular formula is C32H50Cl2N4O3S. The van der Waals surface area contributed by atoms with E-state index in [9.17, 15) is 5.11 Å². The van der Waals surface area contributed by atoms with E-state index in [0.717, 1.165) is 63.4 Å². The average Bonchev–Trinajstić information content (AvgIpc) is 3.42. The standard InChI is InChI=1S/C18H35NO2.C14H15Cl2N3OS/c1-6-12-19(7-2)13-16-14-20-18(21-16)10-8-15(9-11-18)17(3,4)5;15-11-4-2-1-3-10(11)7-14(20,13(16)5-6-13)8-19-12(21)17-9-18-19/h15-16H,6-14H2,1-5H3;1-4,9,20H,5-8H2,(H,17,18,21). The van der Waals surface area contributed by atoms with Gasteiger partial charge in [0.15, 0.2) is 10.6 Å². The van der Waals surface area contributed by atoms with Crippen LogP contribution in [0.4, 0.5) is 0 Å². The van der Waals surface area contributed by atoms with Crippen LogP contribution in [-0.2, 0) is 22.4 Å². The van der Waals surface area contributed by atoms with E-state index < -0.39 is 10.5 Å². The molecule has 0 amide bonds. The highest BCUT2D eigenvalue weighted by atomic mass is 35.5. The van der Waals surface area contributed by atoms with Crippen LogP contribution in [0.25, 0.3) is 0 Å². The summed E-state index contributed by atoms with van der Waals surface area (Å²) in [7, 11) is 0. The average molecular weight is 642 g/mol. The molecule has 1 aromatic carbocycles. The van der Waals surface area contributed by atoms with Gasteiger partial charge in [-0.2, -0.15) is 5.10 Å². The molecule has 0 radical (unpaired) electrons. The molecule has 3 fully saturated rings. The number of nitrogens with zero attached hydrogens (tertiary/aromatic N) is 3. The number of benzene rings is 1. The van der Waals surface area contributed by atoms with E-state index in [1.165, 1.54) is 25.6 Å². The number of alkyl halides is 1. The van der Waals surface area contributed by atoms with Gasteiger partial charge in [0.2, 0.25) is 0 Å². The fourth-order valence-electron chi connectivity index (χ4n) is 6.40. The van der Waals surface area contributed by atoms with Crippen molar-refractivity contribution in [3.63, 3.8) is 0 Å². The molecule has 1 saturated heterocycles. The van der Waals surface area contributed by atoms with Gasteiger partial charge < -0.3 is 24.5 Å². The number of aliphatic hydroxyl groups is 1. The summed E-state index contributed by atoms with van der Waals surface area (Å²) in [6.07, 6.45) is 9.52. The normalized spacial score (nSPS) is 26.6. The third-order valence-electron chi connectivity index (χ3n) is 9.33. The Morgan fingerprint density at radius 1 is 1.17 bits per heavy atom. The summed E-state index contributed by atoms with van der Waals surface area (Å²) in [5, 5.41) is 15.9. The van der Waals surface area contributed by atoms with Crippen LogP contribution in [0.3, 0.4) is 0 Å². The molecule has 1 aromatic heterocycles. The fourth-order valence-corrected chi connectivity index (χ4v) is 6.99. The van der Waals surface area contributed by atoms with Crippen LogP contribution in [0, 0.1) is 16.1 Å². The van der Waals surface area contributed by atoms with Crippen molar-refractivity contribution in [2.24, 2.45) is 11.3 Å². The summed E-state index contributed by atoms with van der Waals surface area (Å²) >= 11 is 17.9. The molecule has 2 saturated carbocycles. The monoisotopic (exact) mass is 640 g/mol. The zero-order valence-electron chi connectivity index (χ0n) is 26.0. The van der Waals surface area contributed by atoms with Crippen LogP contribution in [0.15, 0.2) is 30.6 Å². The lowest BCUT2D eigenvalue weighted by Gasteiger charge is -2.41. The highest BCUT2D eigenvalue weighted by Crippen LogP contribution is 2.53. The zero-order valence-corrected chi connectivity index (χ0v) is 28.3. The third kappa shape index (κ3) is 8.38. The van der Waals surface area contributed by atoms with Gasteiger partial charge >= 0.3 is 0 Å². The molecule has 2 heterocycles. The molecule has 2 atom stereocenters. The van der Waals surface area contributed by atoms with Crippen molar-refractivity contribution in [3.8, 4) is 0 Å². The van der Waals surface area contributed by atoms with Crippen LogP contribution in [0.2, 0.25) is 5.02 Å². The lowest BCUT2D eigenvalue weighted by molar-refractivity contribution is -0.197. The summed E-state index contributed by atoms with van der Waals surface area (Å²) in [5.41, 5.74) is 0.142. The number of hydrogen-bond acceptors (Lipinski definition) is 6. The Morgan fingerprint density at radius 2 is 1.86 bits per heavy atom. The third-order valence-corrected chi connectivity index (χ3v) is 10.8. The van der Waals surface area contributed by atoms with Gasteiger partial charge in [-0.15, -0.1) is 11.6 Å². The molecule has 7 nitrogen and oxygen atoms in total. The Morgan fingerprint density at radius 3 is 2.40 bits per heavy atom. The van der Waals surface area contributed by atoms with E-state index in [1.807, 2.05) is 24.3 Å². The van der Waals surface area contributed by atoms with Crippen molar-refractivity contribution < 1.29 is 14.6 Å². The predicted molar refractivity (Wildman–Crippen MR) is 173 cm³/mol. The Balaban J connectivity index is 0.000000193. The highest BCUT2D eigenvalue weighted by Gasteiger charge is 2.58. The van der Waals surface area contributed by atoms with Gasteiger partial charge in [0.1, 0.15) is 11.9 Å². The van der Waals surface area contributed by atoms with E-state index in [4.69, 9.17) is 44.9 Å². The molecule has 42 heavy (non-hydrogen) atoms. The first-order valence-electron chi connectivity index (χ1n) is 15.6. The summed E-state index contributed by atoms with van der Waals surface area (Å²) in [6, 6.07) is 7.48. The molecule has 10 heteroatoms. The second-order valence-electron chi connectivity index (χ2n) is 13.5. The van der Waals surface area contributed by atoms with Crippen molar-refractivity contribution in [2.45, 2.75) is 115 Å². The van der Waals surface area contributed by atoms with Gasteiger partial charge in [-0.25, -0.2) is 4.68 Å². The van der Waals surface area contributed by atoms with Crippen LogP contribution in [0.1, 0.15) is 85.1 Å². The van der Waals surface area contributed by atoms with E-state index in [-0.39, 0.29) is 18.4 Å². The summed E-state index contributed by atoms with van der Waals surface area (Å²) in [5.74, 6) is 0.555. The predicted octanol–water partition coefficient (Wildman–Crippen LogP) is 7.41. The number of halogens is 2. The van der Waals surface area contributed by atoms with Gasteiger partial charge in [-0.3, -0.25) is 0 Å². The van der Waals surface area contributed by atoms with Crippen molar-refractivity contribution in [1.29, 1.82) is 0 Å². The second-order valence-corrected chi connectivity index (χ2v) is 15.0. The number of rotatable bonds is 10. The first-order valence-corrected chi connectivity index (χ1v) is 16.8. The van der Waals surface area contributed by atoms with Gasteiger partial charge in [-0.1, -0.05) is 64.4 Å². The maximum absolute atomic E-state index is 11.2. The number of nitrogens with one attached hydrogen (secondary N) is 1. The maximum Gasteiger partial charge on any atom is 0.195 e. The first kappa shape index (κ1) is 33.9. The van der Waals surface area contributed by atoms with Gasteiger partial charge in [0.25, 0.3) is 0 Å². The minimum atomic E-state index is -1.15. The Labute approximate surface area is 267 Å². The molecule has 2 aliphatic carbocycles. The lowest BCUT2D eigenvalue weighted by Crippen LogP contribution is -2.47. The van der Waals surface area contributed by atoms with Crippen molar-refractivity contribution in [1.82, 2.24) is 19.7 Å². The Kier molecular flexibility index (Phi) is 11.3. The highest BCUT2D eigenvalue weighted by molar-refractivity contribution is 7.71. The van der Waals surface area contributed by atoms with Crippen LogP contribution in [0.5, 0.6) is 0 Å². The van der Waals surface area contributed by atoms with Crippen LogP contribution in [-0.4, -0.2) is 73.4 Å². The van der Waals surface area contributed by atoms with Crippen molar-refractivity contribution in [3.05, 3.63) is 45.9 Å². The SMILES string of the molecule is CCCN(CC)CC1COC2(CCC(C(C)(C)C)CC2)O1.OC(Cc1ccccc1Cl)(Cn1nc[nH]c1=S)C1(Cl)CC1. The van der Waals surface area contributed by atoms with Gasteiger partial charge in [-0.05, 0) is 80.4 Å². The molecule has 1 spiro atoms. The van der Waals surface area contributed by atoms with Crippen LogP contribution >= 0.6 is 35.4 Å². The number of likely N-dealkylation sites (N-methyl/N-ethyl adjacent to an activating group) is 1. The first-order chi connectivity index (χ1) is 19.8.